The van der Waals surface area contributed by atoms with E-state index in [1.54, 1.807) is 12.1 Å². The molecule has 0 aromatic heterocycles. The molecule has 1 heterocycles. The van der Waals surface area contributed by atoms with Crippen LogP contribution in [0.3, 0.4) is 0 Å². The standard InChI is InChI=1S/C13H16N2O4S/c16-13(17)6-3-11-1-4-12(5-2-11)20(18,19)15-9-7-14-8-10-15/h1-6,14H,7-10H2,(H,16,17). The van der Waals surface area contributed by atoms with Crippen LogP contribution in [0.4, 0.5) is 0 Å². The number of aliphatic carboxylic acids is 1. The first-order valence-electron chi connectivity index (χ1n) is 6.22. The van der Waals surface area contributed by atoms with Gasteiger partial charge in [-0.3, -0.25) is 0 Å². The average molecular weight is 296 g/mol. The highest BCUT2D eigenvalue weighted by molar-refractivity contribution is 7.89. The second-order valence-electron chi connectivity index (χ2n) is 4.39. The molecule has 0 aliphatic carbocycles. The first-order valence-corrected chi connectivity index (χ1v) is 7.66. The van der Waals surface area contributed by atoms with Gasteiger partial charge in [0.2, 0.25) is 10.0 Å². The molecule has 2 N–H and O–H groups in total. The summed E-state index contributed by atoms with van der Waals surface area (Å²) in [6, 6.07) is 6.18. The number of sulfonamides is 1. The van der Waals surface area contributed by atoms with Gasteiger partial charge in [-0.15, -0.1) is 0 Å². The Balaban J connectivity index is 2.18. The van der Waals surface area contributed by atoms with Crippen LogP contribution < -0.4 is 5.32 Å². The van der Waals surface area contributed by atoms with Crippen LogP contribution in [0, 0.1) is 0 Å². The Morgan fingerprint density at radius 3 is 2.35 bits per heavy atom. The third-order valence-corrected chi connectivity index (χ3v) is 4.93. The van der Waals surface area contributed by atoms with Gasteiger partial charge in [0.25, 0.3) is 0 Å². The Bertz CT molecular complexity index is 602. The molecule has 1 aromatic rings. The van der Waals surface area contributed by atoms with Gasteiger partial charge in [-0.2, -0.15) is 4.31 Å². The largest absolute Gasteiger partial charge is 0.478 e. The number of piperazine rings is 1. The Labute approximate surface area is 117 Å². The molecule has 20 heavy (non-hydrogen) atoms. The third kappa shape index (κ3) is 3.44. The average Bonchev–Trinajstić information content (AvgIpc) is 2.46. The highest BCUT2D eigenvalue weighted by Gasteiger charge is 2.25. The number of benzene rings is 1. The molecule has 0 amide bonds. The maximum Gasteiger partial charge on any atom is 0.328 e. The minimum atomic E-state index is -3.46. The summed E-state index contributed by atoms with van der Waals surface area (Å²) in [4.78, 5) is 10.6. The SMILES string of the molecule is O=C(O)C=Cc1ccc(S(=O)(=O)N2CCNCC2)cc1. The van der Waals surface area contributed by atoms with Crippen molar-refractivity contribution in [1.82, 2.24) is 9.62 Å². The lowest BCUT2D eigenvalue weighted by Crippen LogP contribution is -2.46. The van der Waals surface area contributed by atoms with Gasteiger partial charge in [-0.05, 0) is 23.8 Å². The first kappa shape index (κ1) is 14.7. The highest BCUT2D eigenvalue weighted by atomic mass is 32.2. The fourth-order valence-corrected chi connectivity index (χ4v) is 3.39. The van der Waals surface area contributed by atoms with Crippen molar-refractivity contribution < 1.29 is 18.3 Å². The summed E-state index contributed by atoms with van der Waals surface area (Å²) in [5.41, 5.74) is 0.645. The van der Waals surface area contributed by atoms with E-state index in [2.05, 4.69) is 5.32 Å². The summed E-state index contributed by atoms with van der Waals surface area (Å²) in [5, 5.41) is 11.6. The second kappa shape index (κ2) is 6.17. The van der Waals surface area contributed by atoms with Crippen LogP contribution >= 0.6 is 0 Å². The monoisotopic (exact) mass is 296 g/mol. The van der Waals surface area contributed by atoms with Crippen molar-refractivity contribution in [1.29, 1.82) is 0 Å². The molecule has 1 aliphatic heterocycles. The van der Waals surface area contributed by atoms with Crippen molar-refractivity contribution in [3.8, 4) is 0 Å². The number of nitrogens with zero attached hydrogens (tertiary/aromatic N) is 1. The molecule has 0 bridgehead atoms. The van der Waals surface area contributed by atoms with E-state index >= 15 is 0 Å². The fourth-order valence-electron chi connectivity index (χ4n) is 1.95. The lowest BCUT2D eigenvalue weighted by Gasteiger charge is -2.26. The van der Waals surface area contributed by atoms with E-state index in [0.29, 0.717) is 31.7 Å². The Kier molecular flexibility index (Phi) is 4.53. The highest BCUT2D eigenvalue weighted by Crippen LogP contribution is 2.17. The number of carboxylic acid groups (broad SMARTS) is 1. The van der Waals surface area contributed by atoms with E-state index in [9.17, 15) is 13.2 Å². The number of carboxylic acids is 1. The lowest BCUT2D eigenvalue weighted by atomic mass is 10.2. The number of nitrogens with one attached hydrogen (secondary N) is 1. The minimum absolute atomic E-state index is 0.229. The molecule has 0 spiro atoms. The minimum Gasteiger partial charge on any atom is -0.478 e. The van der Waals surface area contributed by atoms with Gasteiger partial charge >= 0.3 is 5.97 Å². The number of rotatable bonds is 4. The van der Waals surface area contributed by atoms with Crippen molar-refractivity contribution in [2.45, 2.75) is 4.90 Å². The van der Waals surface area contributed by atoms with Crippen molar-refractivity contribution in [2.24, 2.45) is 0 Å². The summed E-state index contributed by atoms with van der Waals surface area (Å²) < 4.78 is 26.2. The van der Waals surface area contributed by atoms with Gasteiger partial charge in [0, 0.05) is 32.3 Å². The zero-order valence-electron chi connectivity index (χ0n) is 10.8. The van der Waals surface area contributed by atoms with Crippen molar-refractivity contribution >= 4 is 22.1 Å². The molecule has 7 heteroatoms. The molecule has 0 unspecified atom stereocenters. The fraction of sp³-hybridized carbons (Fsp3) is 0.308. The van der Waals surface area contributed by atoms with Crippen molar-refractivity contribution in [3.63, 3.8) is 0 Å². The van der Waals surface area contributed by atoms with Gasteiger partial charge < -0.3 is 10.4 Å². The topological polar surface area (TPSA) is 86.7 Å². The van der Waals surface area contributed by atoms with Gasteiger partial charge in [-0.1, -0.05) is 12.1 Å². The van der Waals surface area contributed by atoms with Crippen LogP contribution in [0.2, 0.25) is 0 Å². The number of carbonyl (C=O) groups is 1. The molecule has 0 saturated carbocycles. The zero-order chi connectivity index (χ0) is 14.6. The van der Waals surface area contributed by atoms with E-state index in [0.717, 1.165) is 6.08 Å². The van der Waals surface area contributed by atoms with Crippen molar-refractivity contribution in [3.05, 3.63) is 35.9 Å². The van der Waals surface area contributed by atoms with E-state index in [4.69, 9.17) is 5.11 Å². The van der Waals surface area contributed by atoms with Crippen LogP contribution in [-0.2, 0) is 14.8 Å². The van der Waals surface area contributed by atoms with Gasteiger partial charge in [-0.25, -0.2) is 13.2 Å². The quantitative estimate of drug-likeness (QED) is 0.784. The summed E-state index contributed by atoms with van der Waals surface area (Å²) in [7, 11) is -3.46. The Morgan fingerprint density at radius 1 is 1.20 bits per heavy atom. The van der Waals surface area contributed by atoms with Crippen LogP contribution in [-0.4, -0.2) is 50.0 Å². The predicted octanol–water partition coefficient (Wildman–Crippen LogP) is 0.378. The van der Waals surface area contributed by atoms with Gasteiger partial charge in [0.1, 0.15) is 0 Å². The molecular weight excluding hydrogens is 280 g/mol. The summed E-state index contributed by atoms with van der Waals surface area (Å²) in [6.07, 6.45) is 2.43. The number of hydrogen-bond donors (Lipinski definition) is 2. The zero-order valence-corrected chi connectivity index (χ0v) is 11.6. The molecule has 6 nitrogen and oxygen atoms in total. The van der Waals surface area contributed by atoms with E-state index in [1.165, 1.54) is 22.5 Å². The molecule has 1 fully saturated rings. The van der Waals surface area contributed by atoms with Crippen LogP contribution in [0.15, 0.2) is 35.2 Å². The summed E-state index contributed by atoms with van der Waals surface area (Å²) in [6.45, 7) is 2.23. The van der Waals surface area contributed by atoms with E-state index < -0.39 is 16.0 Å². The molecule has 0 atom stereocenters. The maximum atomic E-state index is 12.4. The second-order valence-corrected chi connectivity index (χ2v) is 6.33. The normalized spacial score (nSPS) is 17.4. The van der Waals surface area contributed by atoms with Crippen molar-refractivity contribution in [2.75, 3.05) is 26.2 Å². The molecule has 1 aliphatic rings. The van der Waals surface area contributed by atoms with Gasteiger partial charge in [0.15, 0.2) is 0 Å². The van der Waals surface area contributed by atoms with Crippen LogP contribution in [0.5, 0.6) is 0 Å². The predicted molar refractivity (Wildman–Crippen MR) is 74.7 cm³/mol. The van der Waals surface area contributed by atoms with E-state index in [1.807, 2.05) is 0 Å². The first-order chi connectivity index (χ1) is 9.50. The number of hydrogen-bond acceptors (Lipinski definition) is 4. The molecule has 2 rings (SSSR count). The third-order valence-electron chi connectivity index (χ3n) is 3.01. The van der Waals surface area contributed by atoms with Crippen LogP contribution in [0.25, 0.3) is 6.08 Å². The molecule has 108 valence electrons. The van der Waals surface area contributed by atoms with Crippen LogP contribution in [0.1, 0.15) is 5.56 Å². The summed E-state index contributed by atoms with van der Waals surface area (Å²) >= 11 is 0. The molecular formula is C13H16N2O4S. The van der Waals surface area contributed by atoms with E-state index in [-0.39, 0.29) is 4.90 Å². The maximum absolute atomic E-state index is 12.4. The Morgan fingerprint density at radius 2 is 1.80 bits per heavy atom. The molecule has 0 radical (unpaired) electrons. The lowest BCUT2D eigenvalue weighted by molar-refractivity contribution is -0.131. The summed E-state index contributed by atoms with van der Waals surface area (Å²) in [5.74, 6) is -1.04. The Hall–Kier alpha value is -1.70. The molecule has 1 saturated heterocycles. The smallest absolute Gasteiger partial charge is 0.328 e. The van der Waals surface area contributed by atoms with Gasteiger partial charge in [0.05, 0.1) is 4.90 Å². The molecule has 1 aromatic carbocycles.